The molecule has 1 fully saturated rings. The Balaban J connectivity index is 1.62. The highest BCUT2D eigenvalue weighted by Crippen LogP contribution is 2.32. The van der Waals surface area contributed by atoms with Crippen molar-refractivity contribution in [1.29, 1.82) is 0 Å². The predicted molar refractivity (Wildman–Crippen MR) is 102 cm³/mol. The van der Waals surface area contributed by atoms with Crippen molar-refractivity contribution in [3.05, 3.63) is 34.5 Å². The molecule has 1 saturated heterocycles. The van der Waals surface area contributed by atoms with Crippen LogP contribution in [0.4, 0.5) is 0 Å². The van der Waals surface area contributed by atoms with Crippen molar-refractivity contribution in [3.8, 4) is 0 Å². The van der Waals surface area contributed by atoms with Crippen LogP contribution in [-0.4, -0.2) is 47.0 Å². The number of likely N-dealkylation sites (N-methyl/N-ethyl adjacent to an activating group) is 1. The highest BCUT2D eigenvalue weighted by molar-refractivity contribution is 6.31. The lowest BCUT2D eigenvalue weighted by atomic mass is 10.0. The van der Waals surface area contributed by atoms with Crippen LogP contribution < -0.4 is 0 Å². The Bertz CT molecular complexity index is 792. The third kappa shape index (κ3) is 3.30. The predicted octanol–water partition coefficient (Wildman–Crippen LogP) is 3.69. The van der Waals surface area contributed by atoms with Crippen LogP contribution in [0.3, 0.4) is 0 Å². The van der Waals surface area contributed by atoms with Gasteiger partial charge in [-0.05, 0) is 56.5 Å². The molecule has 0 atom stereocenters. The van der Waals surface area contributed by atoms with Crippen LogP contribution in [0.25, 0.3) is 10.9 Å². The van der Waals surface area contributed by atoms with Crippen LogP contribution in [0, 0.1) is 0 Å². The van der Waals surface area contributed by atoms with Gasteiger partial charge in [0.05, 0.1) is 0 Å². The molecule has 5 heteroatoms. The number of rotatable bonds is 3. The number of benzene rings is 1. The number of carbonyl (C=O) groups is 1. The monoisotopic (exact) mass is 359 g/mol. The van der Waals surface area contributed by atoms with Crippen molar-refractivity contribution in [2.75, 3.05) is 26.7 Å². The second kappa shape index (κ2) is 7.00. The lowest BCUT2D eigenvalue weighted by molar-refractivity contribution is -0.132. The SMILES string of the molecule is CN1CCc2c(n(CCC(=O)N3CCCCC3)c3ccc(Cl)cc23)C1. The number of hydrogen-bond acceptors (Lipinski definition) is 2. The van der Waals surface area contributed by atoms with E-state index in [4.69, 9.17) is 11.6 Å². The van der Waals surface area contributed by atoms with Crippen LogP contribution in [0.15, 0.2) is 18.2 Å². The lowest BCUT2D eigenvalue weighted by Crippen LogP contribution is -2.36. The highest BCUT2D eigenvalue weighted by atomic mass is 35.5. The van der Waals surface area contributed by atoms with Gasteiger partial charge in [-0.3, -0.25) is 4.79 Å². The summed E-state index contributed by atoms with van der Waals surface area (Å²) in [6, 6.07) is 6.16. The van der Waals surface area contributed by atoms with Gasteiger partial charge in [-0.15, -0.1) is 0 Å². The highest BCUT2D eigenvalue weighted by Gasteiger charge is 2.23. The molecule has 25 heavy (non-hydrogen) atoms. The van der Waals surface area contributed by atoms with Crippen LogP contribution >= 0.6 is 11.6 Å². The Kier molecular flexibility index (Phi) is 4.74. The van der Waals surface area contributed by atoms with Crippen LogP contribution in [0.5, 0.6) is 0 Å². The number of hydrogen-bond donors (Lipinski definition) is 0. The largest absolute Gasteiger partial charge is 0.343 e. The van der Waals surface area contributed by atoms with Crippen molar-refractivity contribution in [3.63, 3.8) is 0 Å². The summed E-state index contributed by atoms with van der Waals surface area (Å²) in [6.07, 6.45) is 5.19. The van der Waals surface area contributed by atoms with Crippen molar-refractivity contribution < 1.29 is 4.79 Å². The Morgan fingerprint density at radius 2 is 1.96 bits per heavy atom. The zero-order valence-corrected chi connectivity index (χ0v) is 15.7. The molecule has 0 spiro atoms. The van der Waals surface area contributed by atoms with Gasteiger partial charge in [-0.2, -0.15) is 0 Å². The number of aromatic nitrogens is 1. The van der Waals surface area contributed by atoms with Gasteiger partial charge in [-0.25, -0.2) is 0 Å². The maximum atomic E-state index is 12.6. The normalized spacial score (nSPS) is 18.6. The van der Waals surface area contributed by atoms with Crippen molar-refractivity contribution in [2.45, 2.75) is 45.2 Å². The van der Waals surface area contributed by atoms with E-state index < -0.39 is 0 Å². The van der Waals surface area contributed by atoms with E-state index in [9.17, 15) is 4.79 Å². The molecular formula is C20H26ClN3O. The fourth-order valence-electron chi connectivity index (χ4n) is 4.31. The molecule has 2 aliphatic heterocycles. The number of aryl methyl sites for hydroxylation is 1. The molecule has 0 aliphatic carbocycles. The number of piperidine rings is 1. The molecule has 2 aliphatic rings. The smallest absolute Gasteiger partial charge is 0.224 e. The molecule has 0 N–H and O–H groups in total. The van der Waals surface area contributed by atoms with Crippen molar-refractivity contribution in [2.24, 2.45) is 0 Å². The summed E-state index contributed by atoms with van der Waals surface area (Å²) >= 11 is 6.25. The number of nitrogens with zero attached hydrogens (tertiary/aromatic N) is 3. The van der Waals surface area contributed by atoms with E-state index in [0.717, 1.165) is 57.0 Å². The van der Waals surface area contributed by atoms with E-state index in [1.807, 2.05) is 11.0 Å². The van der Waals surface area contributed by atoms with Gasteiger partial charge in [0.25, 0.3) is 0 Å². The average Bonchev–Trinajstić information content (AvgIpc) is 2.92. The summed E-state index contributed by atoms with van der Waals surface area (Å²) in [6.45, 7) is 4.64. The first-order chi connectivity index (χ1) is 12.1. The summed E-state index contributed by atoms with van der Waals surface area (Å²) in [5, 5.41) is 2.05. The van der Waals surface area contributed by atoms with Gasteiger partial charge >= 0.3 is 0 Å². The van der Waals surface area contributed by atoms with E-state index in [2.05, 4.69) is 28.6 Å². The standard InChI is InChI=1S/C20H26ClN3O/c1-22-11-7-16-17-13-15(21)5-6-18(17)24(19(16)14-22)12-8-20(25)23-9-3-2-4-10-23/h5-6,13H,2-4,7-12,14H2,1H3. The van der Waals surface area contributed by atoms with Gasteiger partial charge < -0.3 is 14.4 Å². The van der Waals surface area contributed by atoms with Crippen LogP contribution in [0.1, 0.15) is 36.9 Å². The van der Waals surface area contributed by atoms with Gasteiger partial charge in [0.2, 0.25) is 5.91 Å². The number of likely N-dealkylation sites (tertiary alicyclic amines) is 1. The number of carbonyl (C=O) groups excluding carboxylic acids is 1. The van der Waals surface area contributed by atoms with E-state index >= 15 is 0 Å². The molecule has 3 heterocycles. The molecule has 4 nitrogen and oxygen atoms in total. The first-order valence-electron chi connectivity index (χ1n) is 9.39. The molecular weight excluding hydrogens is 334 g/mol. The number of fused-ring (bicyclic) bond motifs is 3. The average molecular weight is 360 g/mol. The molecule has 0 radical (unpaired) electrons. The molecule has 1 aromatic heterocycles. The molecule has 0 bridgehead atoms. The summed E-state index contributed by atoms with van der Waals surface area (Å²) in [4.78, 5) is 17.0. The zero-order chi connectivity index (χ0) is 17.4. The van der Waals surface area contributed by atoms with E-state index in [0.29, 0.717) is 12.3 Å². The van der Waals surface area contributed by atoms with Gasteiger partial charge in [0.1, 0.15) is 0 Å². The van der Waals surface area contributed by atoms with Crippen molar-refractivity contribution >= 4 is 28.4 Å². The van der Waals surface area contributed by atoms with E-state index in [1.165, 1.54) is 28.6 Å². The van der Waals surface area contributed by atoms with Gasteiger partial charge in [-0.1, -0.05) is 11.6 Å². The van der Waals surface area contributed by atoms with Crippen LogP contribution in [-0.2, 0) is 24.3 Å². The molecule has 1 aromatic carbocycles. The Hall–Kier alpha value is -1.52. The van der Waals surface area contributed by atoms with E-state index in [-0.39, 0.29) is 0 Å². The van der Waals surface area contributed by atoms with Crippen molar-refractivity contribution in [1.82, 2.24) is 14.4 Å². The second-order valence-electron chi connectivity index (χ2n) is 7.42. The molecule has 2 aromatic rings. The molecule has 0 unspecified atom stereocenters. The Morgan fingerprint density at radius 1 is 1.16 bits per heavy atom. The topological polar surface area (TPSA) is 28.5 Å². The van der Waals surface area contributed by atoms with Gasteiger partial charge in [0.15, 0.2) is 0 Å². The number of amides is 1. The zero-order valence-electron chi connectivity index (χ0n) is 14.9. The molecule has 4 rings (SSSR count). The van der Waals surface area contributed by atoms with Gasteiger partial charge in [0, 0.05) is 60.8 Å². The first kappa shape index (κ1) is 16.9. The third-order valence-electron chi connectivity index (χ3n) is 5.67. The maximum absolute atomic E-state index is 12.6. The van der Waals surface area contributed by atoms with E-state index in [1.54, 1.807) is 0 Å². The number of halogens is 1. The minimum absolute atomic E-state index is 0.299. The molecule has 1 amide bonds. The summed E-state index contributed by atoms with van der Waals surface area (Å²) in [7, 11) is 2.16. The molecule has 0 saturated carbocycles. The Labute approximate surface area is 154 Å². The summed E-state index contributed by atoms with van der Waals surface area (Å²) in [5.74, 6) is 0.299. The summed E-state index contributed by atoms with van der Waals surface area (Å²) < 4.78 is 2.36. The minimum atomic E-state index is 0.299. The minimum Gasteiger partial charge on any atom is -0.343 e. The summed E-state index contributed by atoms with van der Waals surface area (Å²) in [5.41, 5.74) is 4.00. The maximum Gasteiger partial charge on any atom is 0.224 e. The van der Waals surface area contributed by atoms with Crippen LogP contribution in [0.2, 0.25) is 5.02 Å². The lowest BCUT2D eigenvalue weighted by Gasteiger charge is -2.27. The first-order valence-corrected chi connectivity index (χ1v) is 9.77. The third-order valence-corrected chi connectivity index (χ3v) is 5.91. The fraction of sp³-hybridized carbons (Fsp3) is 0.550. The fourth-order valence-corrected chi connectivity index (χ4v) is 4.48. The quantitative estimate of drug-likeness (QED) is 0.836. The molecule has 134 valence electrons. The Morgan fingerprint density at radius 3 is 2.76 bits per heavy atom. The second-order valence-corrected chi connectivity index (χ2v) is 7.85.